The topological polar surface area (TPSA) is 29.9 Å². The molecule has 104 valence electrons. The van der Waals surface area contributed by atoms with Crippen LogP contribution in [0.2, 0.25) is 0 Å². The molecule has 1 unspecified atom stereocenters. The minimum Gasteiger partial charge on any atom is -0.329 e. The van der Waals surface area contributed by atoms with E-state index < -0.39 is 0 Å². The number of rotatable bonds is 6. The van der Waals surface area contributed by atoms with E-state index in [-0.39, 0.29) is 0 Å². The molecule has 1 N–H and O–H groups in total. The number of hydrogen-bond donors (Lipinski definition) is 1. The second kappa shape index (κ2) is 6.20. The van der Waals surface area contributed by atoms with Crippen molar-refractivity contribution in [1.29, 1.82) is 0 Å². The summed E-state index contributed by atoms with van der Waals surface area (Å²) in [5.41, 5.74) is 5.01. The maximum absolute atomic E-state index is 4.53. The van der Waals surface area contributed by atoms with Gasteiger partial charge in [-0.25, -0.2) is 4.98 Å². The quantitative estimate of drug-likeness (QED) is 0.861. The highest BCUT2D eigenvalue weighted by Gasteiger charge is 2.10. The van der Waals surface area contributed by atoms with Crippen LogP contribution in [0.3, 0.4) is 0 Å². The van der Waals surface area contributed by atoms with Gasteiger partial charge in [0.15, 0.2) is 0 Å². The fourth-order valence-electron chi connectivity index (χ4n) is 2.59. The first kappa shape index (κ1) is 14.1. The van der Waals surface area contributed by atoms with Gasteiger partial charge in [0.2, 0.25) is 0 Å². The normalized spacial score (nSPS) is 13.1. The van der Waals surface area contributed by atoms with Crippen molar-refractivity contribution in [2.75, 3.05) is 6.54 Å². The summed E-state index contributed by atoms with van der Waals surface area (Å²) in [4.78, 5) is 4.53. The van der Waals surface area contributed by atoms with Gasteiger partial charge in [-0.3, -0.25) is 0 Å². The van der Waals surface area contributed by atoms with Crippen LogP contribution in [0.25, 0.3) is 11.0 Å². The van der Waals surface area contributed by atoms with Crippen molar-refractivity contribution in [1.82, 2.24) is 14.9 Å². The van der Waals surface area contributed by atoms with Crippen molar-refractivity contribution >= 4 is 11.0 Å². The molecule has 19 heavy (non-hydrogen) atoms. The zero-order valence-electron chi connectivity index (χ0n) is 12.5. The number of imidazole rings is 1. The van der Waals surface area contributed by atoms with E-state index in [1.807, 2.05) is 6.33 Å². The third-order valence-corrected chi connectivity index (χ3v) is 3.78. The van der Waals surface area contributed by atoms with Crippen LogP contribution in [0.4, 0.5) is 0 Å². The van der Waals surface area contributed by atoms with Gasteiger partial charge in [0, 0.05) is 12.6 Å². The number of benzene rings is 1. The van der Waals surface area contributed by atoms with Crippen molar-refractivity contribution in [2.24, 2.45) is 0 Å². The molecule has 0 spiro atoms. The molecule has 1 atom stereocenters. The standard InChI is InChI=1S/C16H25N3/c1-5-7-14(17-6-2)10-19-11-18-15-8-12(3)13(4)9-16(15)19/h8-9,11,14,17H,5-7,10H2,1-4H3. The minimum absolute atomic E-state index is 0.536. The van der Waals surface area contributed by atoms with E-state index in [1.54, 1.807) is 0 Å². The van der Waals surface area contributed by atoms with Crippen molar-refractivity contribution in [2.45, 2.75) is 53.1 Å². The molecule has 2 rings (SSSR count). The summed E-state index contributed by atoms with van der Waals surface area (Å²) in [7, 11) is 0. The molecule has 0 bridgehead atoms. The SMILES string of the molecule is CCCC(Cn1cnc2cc(C)c(C)cc21)NCC. The molecule has 0 fully saturated rings. The Morgan fingerprint density at radius 3 is 2.63 bits per heavy atom. The van der Waals surface area contributed by atoms with Crippen LogP contribution >= 0.6 is 0 Å². The molecule has 0 aliphatic rings. The monoisotopic (exact) mass is 259 g/mol. The van der Waals surface area contributed by atoms with E-state index in [1.165, 1.54) is 29.5 Å². The van der Waals surface area contributed by atoms with Gasteiger partial charge in [0.1, 0.15) is 0 Å². The maximum atomic E-state index is 4.53. The summed E-state index contributed by atoms with van der Waals surface area (Å²) >= 11 is 0. The highest BCUT2D eigenvalue weighted by molar-refractivity contribution is 5.77. The molecule has 0 amide bonds. The molecule has 3 nitrogen and oxygen atoms in total. The predicted octanol–water partition coefficient (Wildman–Crippen LogP) is 3.43. The molecule has 0 saturated heterocycles. The fourth-order valence-corrected chi connectivity index (χ4v) is 2.59. The third-order valence-electron chi connectivity index (χ3n) is 3.78. The molecule has 0 aliphatic carbocycles. The van der Waals surface area contributed by atoms with Crippen LogP contribution in [-0.4, -0.2) is 22.1 Å². The van der Waals surface area contributed by atoms with Gasteiger partial charge in [-0.2, -0.15) is 0 Å². The molecule has 0 radical (unpaired) electrons. The number of aromatic nitrogens is 2. The summed E-state index contributed by atoms with van der Waals surface area (Å²) < 4.78 is 2.28. The minimum atomic E-state index is 0.536. The summed E-state index contributed by atoms with van der Waals surface area (Å²) in [5, 5.41) is 3.56. The largest absolute Gasteiger partial charge is 0.329 e. The van der Waals surface area contributed by atoms with Crippen LogP contribution in [0.1, 0.15) is 37.8 Å². The van der Waals surface area contributed by atoms with E-state index in [2.05, 4.69) is 54.7 Å². The molecule has 0 saturated carbocycles. The Morgan fingerprint density at radius 1 is 1.21 bits per heavy atom. The first-order chi connectivity index (χ1) is 9.15. The lowest BCUT2D eigenvalue weighted by atomic mass is 10.1. The van der Waals surface area contributed by atoms with Crippen molar-refractivity contribution in [3.63, 3.8) is 0 Å². The Bertz CT molecular complexity index is 536. The van der Waals surface area contributed by atoms with Gasteiger partial charge in [0.25, 0.3) is 0 Å². The van der Waals surface area contributed by atoms with E-state index in [0.717, 1.165) is 18.6 Å². The van der Waals surface area contributed by atoms with Gasteiger partial charge in [-0.1, -0.05) is 20.3 Å². The van der Waals surface area contributed by atoms with Crippen LogP contribution in [0.5, 0.6) is 0 Å². The molecule has 1 heterocycles. The highest BCUT2D eigenvalue weighted by Crippen LogP contribution is 2.19. The number of aryl methyl sites for hydroxylation is 2. The van der Waals surface area contributed by atoms with Crippen LogP contribution in [-0.2, 0) is 6.54 Å². The molecule has 1 aromatic carbocycles. The van der Waals surface area contributed by atoms with Crippen molar-refractivity contribution in [3.8, 4) is 0 Å². The summed E-state index contributed by atoms with van der Waals surface area (Å²) in [6, 6.07) is 4.98. The number of hydrogen-bond acceptors (Lipinski definition) is 2. The van der Waals surface area contributed by atoms with Gasteiger partial charge in [-0.15, -0.1) is 0 Å². The molecule has 0 aliphatic heterocycles. The fraction of sp³-hybridized carbons (Fsp3) is 0.562. The second-order valence-corrected chi connectivity index (χ2v) is 5.37. The summed E-state index contributed by atoms with van der Waals surface area (Å²) in [5.74, 6) is 0. The lowest BCUT2D eigenvalue weighted by Gasteiger charge is -2.18. The van der Waals surface area contributed by atoms with Gasteiger partial charge < -0.3 is 9.88 Å². The average molecular weight is 259 g/mol. The zero-order valence-corrected chi connectivity index (χ0v) is 12.5. The highest BCUT2D eigenvalue weighted by atomic mass is 15.1. The number of likely N-dealkylation sites (N-methyl/N-ethyl adjacent to an activating group) is 1. The van der Waals surface area contributed by atoms with Gasteiger partial charge in [0.05, 0.1) is 17.4 Å². The molecule has 1 aromatic heterocycles. The Morgan fingerprint density at radius 2 is 1.95 bits per heavy atom. The number of nitrogens with zero attached hydrogens (tertiary/aromatic N) is 2. The number of fused-ring (bicyclic) bond motifs is 1. The Labute approximate surface area is 116 Å². The van der Waals surface area contributed by atoms with E-state index >= 15 is 0 Å². The molecule has 2 aromatic rings. The van der Waals surface area contributed by atoms with Gasteiger partial charge in [-0.05, 0) is 50.1 Å². The van der Waals surface area contributed by atoms with E-state index in [9.17, 15) is 0 Å². The van der Waals surface area contributed by atoms with Crippen LogP contribution in [0, 0.1) is 13.8 Å². The van der Waals surface area contributed by atoms with Crippen LogP contribution < -0.4 is 5.32 Å². The maximum Gasteiger partial charge on any atom is 0.0958 e. The van der Waals surface area contributed by atoms with Crippen molar-refractivity contribution in [3.05, 3.63) is 29.6 Å². The first-order valence-corrected chi connectivity index (χ1v) is 7.31. The third kappa shape index (κ3) is 3.16. The smallest absolute Gasteiger partial charge is 0.0958 e. The summed E-state index contributed by atoms with van der Waals surface area (Å²) in [6.45, 7) is 10.7. The summed E-state index contributed by atoms with van der Waals surface area (Å²) in [6.07, 6.45) is 4.39. The lowest BCUT2D eigenvalue weighted by molar-refractivity contribution is 0.433. The second-order valence-electron chi connectivity index (χ2n) is 5.37. The Kier molecular flexibility index (Phi) is 4.59. The Hall–Kier alpha value is -1.35. The van der Waals surface area contributed by atoms with E-state index in [4.69, 9.17) is 0 Å². The van der Waals surface area contributed by atoms with Crippen LogP contribution in [0.15, 0.2) is 18.5 Å². The first-order valence-electron chi connectivity index (χ1n) is 7.31. The van der Waals surface area contributed by atoms with Gasteiger partial charge >= 0.3 is 0 Å². The molecular formula is C16H25N3. The lowest BCUT2D eigenvalue weighted by Crippen LogP contribution is -2.32. The average Bonchev–Trinajstić information content (AvgIpc) is 2.73. The molecular weight excluding hydrogens is 234 g/mol. The number of nitrogens with one attached hydrogen (secondary N) is 1. The van der Waals surface area contributed by atoms with E-state index in [0.29, 0.717) is 6.04 Å². The molecule has 3 heteroatoms. The van der Waals surface area contributed by atoms with Crippen molar-refractivity contribution < 1.29 is 0 Å². The Balaban J connectivity index is 2.26. The predicted molar refractivity (Wildman–Crippen MR) is 81.6 cm³/mol. The zero-order chi connectivity index (χ0) is 13.8.